The van der Waals surface area contributed by atoms with Gasteiger partial charge in [0.1, 0.15) is 5.52 Å². The van der Waals surface area contributed by atoms with Crippen LogP contribution in [0.5, 0.6) is 0 Å². The van der Waals surface area contributed by atoms with Gasteiger partial charge in [-0.3, -0.25) is 0 Å². The summed E-state index contributed by atoms with van der Waals surface area (Å²) in [6.45, 7) is 0. The molecule has 0 aliphatic carbocycles. The first-order valence-corrected chi connectivity index (χ1v) is 7.58. The van der Waals surface area contributed by atoms with E-state index in [2.05, 4.69) is 29.2 Å². The van der Waals surface area contributed by atoms with E-state index >= 15 is 0 Å². The van der Waals surface area contributed by atoms with Crippen LogP contribution in [0.2, 0.25) is 0 Å². The predicted octanol–water partition coefficient (Wildman–Crippen LogP) is 5.67. The van der Waals surface area contributed by atoms with Gasteiger partial charge in [-0.05, 0) is 34.9 Å². The first-order valence-electron chi connectivity index (χ1n) is 7.58. The van der Waals surface area contributed by atoms with Gasteiger partial charge in [-0.1, -0.05) is 66.7 Å². The Balaban J connectivity index is 1.67. The molecule has 2 nitrogen and oxygen atoms in total. The zero-order valence-electron chi connectivity index (χ0n) is 12.5. The molecule has 2 heteroatoms. The third kappa shape index (κ3) is 2.92. The van der Waals surface area contributed by atoms with Crippen molar-refractivity contribution in [3.8, 4) is 11.1 Å². The lowest BCUT2D eigenvalue weighted by Gasteiger charge is -1.99. The van der Waals surface area contributed by atoms with Gasteiger partial charge in [-0.25, -0.2) is 4.98 Å². The second kappa shape index (κ2) is 5.93. The molecule has 0 saturated carbocycles. The molecule has 0 N–H and O–H groups in total. The van der Waals surface area contributed by atoms with E-state index in [4.69, 9.17) is 4.42 Å². The van der Waals surface area contributed by atoms with E-state index in [1.54, 1.807) is 0 Å². The lowest BCUT2D eigenvalue weighted by Crippen LogP contribution is -1.77. The highest BCUT2D eigenvalue weighted by Crippen LogP contribution is 2.25. The Hall–Kier alpha value is -3.13. The van der Waals surface area contributed by atoms with Crippen LogP contribution in [0, 0.1) is 0 Å². The number of oxazole rings is 1. The summed E-state index contributed by atoms with van der Waals surface area (Å²) >= 11 is 0. The van der Waals surface area contributed by atoms with Gasteiger partial charge < -0.3 is 4.42 Å². The van der Waals surface area contributed by atoms with Gasteiger partial charge in [0.15, 0.2) is 5.58 Å². The molecule has 23 heavy (non-hydrogen) atoms. The van der Waals surface area contributed by atoms with Gasteiger partial charge >= 0.3 is 0 Å². The molecular formula is C21H15NO. The van der Waals surface area contributed by atoms with E-state index < -0.39 is 0 Å². The third-order valence-corrected chi connectivity index (χ3v) is 3.73. The maximum absolute atomic E-state index is 5.78. The maximum Gasteiger partial charge on any atom is 0.220 e. The molecule has 0 spiro atoms. The van der Waals surface area contributed by atoms with Crippen molar-refractivity contribution in [1.29, 1.82) is 0 Å². The number of fused-ring (bicyclic) bond motifs is 1. The number of hydrogen-bond donors (Lipinski definition) is 0. The molecule has 0 fully saturated rings. The number of nitrogens with zero attached hydrogens (tertiary/aromatic N) is 1. The van der Waals surface area contributed by atoms with Crippen LogP contribution in [-0.4, -0.2) is 4.98 Å². The van der Waals surface area contributed by atoms with Crippen molar-refractivity contribution in [3.63, 3.8) is 0 Å². The van der Waals surface area contributed by atoms with Gasteiger partial charge in [0, 0.05) is 6.08 Å². The Morgan fingerprint density at radius 3 is 2.22 bits per heavy atom. The van der Waals surface area contributed by atoms with Crippen molar-refractivity contribution in [3.05, 3.63) is 90.3 Å². The topological polar surface area (TPSA) is 26.0 Å². The van der Waals surface area contributed by atoms with Gasteiger partial charge in [0.2, 0.25) is 5.89 Å². The Kier molecular flexibility index (Phi) is 3.49. The molecule has 0 unspecified atom stereocenters. The van der Waals surface area contributed by atoms with Crippen molar-refractivity contribution in [1.82, 2.24) is 4.98 Å². The standard InChI is InChI=1S/C21H15NO/c1-3-7-16(8-4-1)11-14-21-22-19-15-18(12-13-20(19)23-21)17-9-5-2-6-10-17/h1-15H/b14-11+. The predicted molar refractivity (Wildman–Crippen MR) is 94.8 cm³/mol. The van der Waals surface area contributed by atoms with Gasteiger partial charge in [0.25, 0.3) is 0 Å². The lowest BCUT2D eigenvalue weighted by atomic mass is 10.1. The zero-order valence-corrected chi connectivity index (χ0v) is 12.5. The molecule has 0 radical (unpaired) electrons. The average molecular weight is 297 g/mol. The first-order chi connectivity index (χ1) is 11.4. The van der Waals surface area contributed by atoms with E-state index in [-0.39, 0.29) is 0 Å². The highest BCUT2D eigenvalue weighted by atomic mass is 16.3. The van der Waals surface area contributed by atoms with Gasteiger partial charge in [-0.15, -0.1) is 0 Å². The molecule has 110 valence electrons. The second-order valence-corrected chi connectivity index (χ2v) is 5.34. The zero-order chi connectivity index (χ0) is 15.5. The molecule has 0 atom stereocenters. The molecule has 0 bridgehead atoms. The fourth-order valence-electron chi connectivity index (χ4n) is 2.56. The summed E-state index contributed by atoms with van der Waals surface area (Å²) in [5.74, 6) is 0.620. The van der Waals surface area contributed by atoms with E-state index in [0.717, 1.165) is 22.2 Å². The van der Waals surface area contributed by atoms with Gasteiger partial charge in [-0.2, -0.15) is 0 Å². The molecule has 4 aromatic rings. The summed E-state index contributed by atoms with van der Waals surface area (Å²) in [6.07, 6.45) is 3.90. The summed E-state index contributed by atoms with van der Waals surface area (Å²) in [5.41, 5.74) is 5.12. The molecule has 0 saturated heterocycles. The van der Waals surface area contributed by atoms with Crippen LogP contribution < -0.4 is 0 Å². The van der Waals surface area contributed by atoms with Crippen molar-refractivity contribution in [2.45, 2.75) is 0 Å². The largest absolute Gasteiger partial charge is 0.437 e. The van der Waals surface area contributed by atoms with Crippen LogP contribution in [0.4, 0.5) is 0 Å². The summed E-state index contributed by atoms with van der Waals surface area (Å²) in [6, 6.07) is 26.5. The highest BCUT2D eigenvalue weighted by Gasteiger charge is 2.05. The number of aromatic nitrogens is 1. The summed E-state index contributed by atoms with van der Waals surface area (Å²) in [4.78, 5) is 4.56. The molecule has 3 aromatic carbocycles. The molecule has 0 aliphatic rings. The monoisotopic (exact) mass is 297 g/mol. The minimum absolute atomic E-state index is 0.620. The highest BCUT2D eigenvalue weighted by molar-refractivity contribution is 5.82. The quantitative estimate of drug-likeness (QED) is 0.487. The van der Waals surface area contributed by atoms with Crippen molar-refractivity contribution in [2.75, 3.05) is 0 Å². The summed E-state index contributed by atoms with van der Waals surface area (Å²) in [5, 5.41) is 0. The SMILES string of the molecule is C(=C\c1nc2cc(-c3ccccc3)ccc2o1)/c1ccccc1. The normalized spacial score (nSPS) is 11.3. The molecule has 0 amide bonds. The van der Waals surface area contributed by atoms with Gasteiger partial charge in [0.05, 0.1) is 0 Å². The fourth-order valence-corrected chi connectivity index (χ4v) is 2.56. The Morgan fingerprint density at radius 2 is 1.43 bits per heavy atom. The van der Waals surface area contributed by atoms with Crippen molar-refractivity contribution in [2.24, 2.45) is 0 Å². The van der Waals surface area contributed by atoms with Crippen molar-refractivity contribution >= 4 is 23.3 Å². The smallest absolute Gasteiger partial charge is 0.220 e. The average Bonchev–Trinajstić information content (AvgIpc) is 3.04. The van der Waals surface area contributed by atoms with Crippen LogP contribution in [0.3, 0.4) is 0 Å². The Labute approximate surface area is 134 Å². The number of benzene rings is 3. The molecular weight excluding hydrogens is 282 g/mol. The van der Waals surface area contributed by atoms with E-state index in [1.807, 2.05) is 66.7 Å². The Morgan fingerprint density at radius 1 is 0.696 bits per heavy atom. The minimum Gasteiger partial charge on any atom is -0.437 e. The second-order valence-electron chi connectivity index (χ2n) is 5.34. The Bertz CT molecular complexity index is 953. The molecule has 0 aliphatic heterocycles. The molecule has 4 rings (SSSR count). The minimum atomic E-state index is 0.620. The van der Waals surface area contributed by atoms with Crippen LogP contribution in [-0.2, 0) is 0 Å². The fraction of sp³-hybridized carbons (Fsp3) is 0. The van der Waals surface area contributed by atoms with Crippen molar-refractivity contribution < 1.29 is 4.42 Å². The van der Waals surface area contributed by atoms with Crippen LogP contribution in [0.25, 0.3) is 34.4 Å². The van der Waals surface area contributed by atoms with E-state index in [0.29, 0.717) is 5.89 Å². The number of rotatable bonds is 3. The first kappa shape index (κ1) is 13.5. The lowest BCUT2D eigenvalue weighted by molar-refractivity contribution is 0.590. The molecule has 1 heterocycles. The van der Waals surface area contributed by atoms with Crippen LogP contribution in [0.1, 0.15) is 11.5 Å². The van der Waals surface area contributed by atoms with E-state index in [1.165, 1.54) is 5.56 Å². The van der Waals surface area contributed by atoms with Crippen LogP contribution in [0.15, 0.2) is 83.3 Å². The van der Waals surface area contributed by atoms with Crippen LogP contribution >= 0.6 is 0 Å². The maximum atomic E-state index is 5.78. The third-order valence-electron chi connectivity index (χ3n) is 3.73. The number of hydrogen-bond acceptors (Lipinski definition) is 2. The summed E-state index contributed by atoms with van der Waals surface area (Å²) in [7, 11) is 0. The van der Waals surface area contributed by atoms with E-state index in [9.17, 15) is 0 Å². The molecule has 1 aromatic heterocycles. The summed E-state index contributed by atoms with van der Waals surface area (Å²) < 4.78 is 5.78.